The van der Waals surface area contributed by atoms with Gasteiger partial charge in [0, 0.05) is 17.6 Å². The monoisotopic (exact) mass is 828 g/mol. The fourth-order valence-electron chi connectivity index (χ4n) is 8.40. The second-order valence-electron chi connectivity index (χ2n) is 16.8. The van der Waals surface area contributed by atoms with E-state index >= 15 is 0 Å². The summed E-state index contributed by atoms with van der Waals surface area (Å²) in [6, 6.07) is 14.0. The molecule has 2 aromatic heterocycles. The van der Waals surface area contributed by atoms with Gasteiger partial charge >= 0.3 is 12.2 Å². The highest BCUT2D eigenvalue weighted by Crippen LogP contribution is 2.42. The summed E-state index contributed by atoms with van der Waals surface area (Å²) in [5.41, 5.74) is 5.34. The molecule has 316 valence electrons. The van der Waals surface area contributed by atoms with Gasteiger partial charge in [0.1, 0.15) is 23.7 Å². The Morgan fingerprint density at radius 1 is 0.678 bits per heavy atom. The highest BCUT2D eigenvalue weighted by Gasteiger charge is 2.46. The highest BCUT2D eigenvalue weighted by atomic mass is 35.5. The first-order chi connectivity index (χ1) is 28.0. The van der Waals surface area contributed by atoms with Crippen molar-refractivity contribution in [3.8, 4) is 33.6 Å². The minimum absolute atomic E-state index is 0.0411. The van der Waals surface area contributed by atoms with Crippen LogP contribution >= 0.6 is 11.6 Å². The number of nitrogens with one attached hydrogen (secondary N) is 4. The lowest BCUT2D eigenvalue weighted by Gasteiger charge is -2.33. The molecule has 4 heterocycles. The molecule has 0 bridgehead atoms. The molecule has 0 spiro atoms. The first-order valence-corrected chi connectivity index (χ1v) is 20.8. The molecule has 2 aliphatic rings. The number of hydrogen-bond donors (Lipinski definition) is 4. The molecule has 2 saturated heterocycles. The number of carbonyl (C=O) groups is 4. The average Bonchev–Trinajstić information content (AvgIpc) is 4.00. The molecule has 14 nitrogen and oxygen atoms in total. The quantitative estimate of drug-likeness (QED) is 0.117. The van der Waals surface area contributed by atoms with E-state index in [-0.39, 0.29) is 59.7 Å². The molecule has 8 atom stereocenters. The lowest BCUT2D eigenvalue weighted by molar-refractivity contribution is -0.138. The summed E-state index contributed by atoms with van der Waals surface area (Å²) in [7, 11) is 2.57. The van der Waals surface area contributed by atoms with E-state index in [0.717, 1.165) is 34.4 Å². The van der Waals surface area contributed by atoms with Gasteiger partial charge in [0.05, 0.1) is 43.9 Å². The first-order valence-electron chi connectivity index (χ1n) is 20.4. The number of alkyl carbamates (subject to hydrolysis) is 2. The number of nitrogens with zero attached hydrogens (tertiary/aromatic N) is 4. The maximum absolute atomic E-state index is 13.9. The van der Waals surface area contributed by atoms with Gasteiger partial charge in [0.25, 0.3) is 0 Å². The summed E-state index contributed by atoms with van der Waals surface area (Å²) in [6.45, 7) is 15.9. The van der Waals surface area contributed by atoms with Crippen LogP contribution in [0.3, 0.4) is 0 Å². The first kappa shape index (κ1) is 43.2. The Kier molecular flexibility index (Phi) is 13.1. The molecule has 2 aliphatic heterocycles. The number of halogens is 1. The number of ether oxygens (including phenoxy) is 2. The van der Waals surface area contributed by atoms with E-state index in [2.05, 4.69) is 46.6 Å². The molecule has 4 N–H and O–H groups in total. The largest absolute Gasteiger partial charge is 0.453 e. The van der Waals surface area contributed by atoms with Crippen molar-refractivity contribution in [1.29, 1.82) is 0 Å². The van der Waals surface area contributed by atoms with Crippen molar-refractivity contribution in [2.24, 2.45) is 23.7 Å². The Hall–Kier alpha value is -5.37. The molecule has 4 aromatic rings. The number of hydrogen-bond acceptors (Lipinski definition) is 8. The molecule has 15 heteroatoms. The lowest BCUT2D eigenvalue weighted by atomic mass is 10.0. The van der Waals surface area contributed by atoms with Crippen LogP contribution in [-0.4, -0.2) is 92.1 Å². The molecule has 0 aliphatic carbocycles. The number of methoxy groups -OCH3 is 2. The van der Waals surface area contributed by atoms with Crippen molar-refractivity contribution in [3.05, 3.63) is 71.5 Å². The van der Waals surface area contributed by atoms with Crippen molar-refractivity contribution in [3.63, 3.8) is 0 Å². The lowest BCUT2D eigenvalue weighted by Crippen LogP contribution is -2.53. The summed E-state index contributed by atoms with van der Waals surface area (Å²) in [5.74, 6) is 1.11. The van der Waals surface area contributed by atoms with E-state index in [1.165, 1.54) is 14.2 Å². The molecule has 0 radical (unpaired) electrons. The smallest absolute Gasteiger partial charge is 0.407 e. The second kappa shape index (κ2) is 17.9. The van der Waals surface area contributed by atoms with Gasteiger partial charge in [-0.25, -0.2) is 19.6 Å². The van der Waals surface area contributed by atoms with E-state index < -0.39 is 24.3 Å². The predicted octanol–water partition coefficient (Wildman–Crippen LogP) is 8.14. The second-order valence-corrected chi connectivity index (χ2v) is 17.1. The van der Waals surface area contributed by atoms with Crippen LogP contribution in [0.5, 0.6) is 0 Å². The zero-order chi connectivity index (χ0) is 42.9. The van der Waals surface area contributed by atoms with Crippen LogP contribution in [0.25, 0.3) is 33.6 Å². The molecule has 6 rings (SSSR count). The topological polar surface area (TPSA) is 175 Å². The molecule has 59 heavy (non-hydrogen) atoms. The molecule has 4 amide bonds. The van der Waals surface area contributed by atoms with Crippen molar-refractivity contribution >= 4 is 35.6 Å². The standard InChI is InChI=1S/C44H57ClN8O6/c1-22(2)35(49-43(56)58-9)41(54)52-26(7)24(5)19-33(52)39-46-21-32(47-39)30-15-11-28(12-16-30)29-13-17-31(18-14-29)37-38(45)51-40(48-37)34-20-25(6)27(8)53(34)42(55)36(23(3)4)50-44(57)59-10/h11-18,21-27,33-36H,19-20H2,1-10H3,(H,46,47)(H,48,51)(H,49,56)(H,50,57)/t24-,25-,26-,27?,33+,34+,35+,36+/m1/s1. The summed E-state index contributed by atoms with van der Waals surface area (Å²) in [6.07, 6.45) is 1.95. The number of amides is 4. The number of aromatic nitrogens is 4. The van der Waals surface area contributed by atoms with Gasteiger partial charge in [-0.3, -0.25) is 9.59 Å². The van der Waals surface area contributed by atoms with Crippen LogP contribution in [0.15, 0.2) is 54.7 Å². The highest BCUT2D eigenvalue weighted by molar-refractivity contribution is 6.31. The van der Waals surface area contributed by atoms with Gasteiger partial charge in [-0.15, -0.1) is 0 Å². The Morgan fingerprint density at radius 2 is 1.10 bits per heavy atom. The molecule has 0 saturated carbocycles. The van der Waals surface area contributed by atoms with Crippen molar-refractivity contribution in [2.45, 2.75) is 104 Å². The molecule has 1 unspecified atom stereocenters. The van der Waals surface area contributed by atoms with Crippen molar-refractivity contribution in [2.75, 3.05) is 14.2 Å². The third kappa shape index (κ3) is 8.83. The zero-order valence-electron chi connectivity index (χ0n) is 35.5. The van der Waals surface area contributed by atoms with E-state index in [9.17, 15) is 19.2 Å². The number of imidazole rings is 2. The van der Waals surface area contributed by atoms with E-state index in [0.29, 0.717) is 28.9 Å². The number of aromatic amines is 2. The van der Waals surface area contributed by atoms with E-state index in [1.807, 2.05) is 87.7 Å². The third-order valence-electron chi connectivity index (χ3n) is 12.3. The van der Waals surface area contributed by atoms with Crippen LogP contribution in [0.2, 0.25) is 5.15 Å². The van der Waals surface area contributed by atoms with Gasteiger partial charge in [0.2, 0.25) is 11.8 Å². The zero-order valence-corrected chi connectivity index (χ0v) is 36.3. The van der Waals surface area contributed by atoms with Gasteiger partial charge in [0.15, 0.2) is 5.15 Å². The Labute approximate surface area is 351 Å². The summed E-state index contributed by atoms with van der Waals surface area (Å²) >= 11 is 6.76. The van der Waals surface area contributed by atoms with Gasteiger partial charge in [-0.2, -0.15) is 0 Å². The fourth-order valence-corrected chi connectivity index (χ4v) is 8.65. The number of H-pyrrole nitrogens is 2. The van der Waals surface area contributed by atoms with Gasteiger partial charge in [-0.05, 0) is 67.1 Å². The number of likely N-dealkylation sites (tertiary alicyclic amines) is 2. The number of rotatable bonds is 11. The van der Waals surface area contributed by atoms with Crippen LogP contribution in [0.4, 0.5) is 9.59 Å². The summed E-state index contributed by atoms with van der Waals surface area (Å²) in [4.78, 5) is 72.1. The van der Waals surface area contributed by atoms with Crippen LogP contribution in [-0.2, 0) is 19.1 Å². The Morgan fingerprint density at radius 3 is 1.54 bits per heavy atom. The molecule has 2 aromatic carbocycles. The van der Waals surface area contributed by atoms with E-state index in [4.69, 9.17) is 31.0 Å². The number of carbonyl (C=O) groups excluding carboxylic acids is 4. The normalized spacial score (nSPS) is 22.7. The predicted molar refractivity (Wildman–Crippen MR) is 226 cm³/mol. The van der Waals surface area contributed by atoms with E-state index in [1.54, 1.807) is 6.20 Å². The van der Waals surface area contributed by atoms with Crippen LogP contribution in [0, 0.1) is 23.7 Å². The van der Waals surface area contributed by atoms with Crippen LogP contribution < -0.4 is 10.6 Å². The molecule has 2 fully saturated rings. The maximum Gasteiger partial charge on any atom is 0.407 e. The Bertz CT molecular complexity index is 2130. The van der Waals surface area contributed by atoms with Gasteiger partial charge < -0.3 is 39.9 Å². The minimum atomic E-state index is -0.754. The third-order valence-corrected chi connectivity index (χ3v) is 12.6. The van der Waals surface area contributed by atoms with Crippen molar-refractivity contribution < 1.29 is 28.7 Å². The van der Waals surface area contributed by atoms with Crippen molar-refractivity contribution in [1.82, 2.24) is 40.4 Å². The molecular formula is C44H57ClN8O6. The fraction of sp³-hybridized carbons (Fsp3) is 0.500. The maximum atomic E-state index is 13.9. The average molecular weight is 829 g/mol. The number of benzene rings is 2. The summed E-state index contributed by atoms with van der Waals surface area (Å²) in [5, 5.41) is 5.76. The summed E-state index contributed by atoms with van der Waals surface area (Å²) < 4.78 is 9.60. The minimum Gasteiger partial charge on any atom is -0.453 e. The van der Waals surface area contributed by atoms with Crippen LogP contribution in [0.1, 0.15) is 92.0 Å². The van der Waals surface area contributed by atoms with Gasteiger partial charge in [-0.1, -0.05) is 102 Å². The molecular weight excluding hydrogens is 772 g/mol. The SMILES string of the molecule is COC(=O)N[C@H](C(=O)N1C(C)[C@H](C)C[C@H]1c1nc(Cl)c(-c2ccc(-c3ccc(-c4cnc([C@@H]5C[C@@H](C)[C@@H](C)N5C(=O)[C@@H](NC(=O)OC)C(C)C)[nH]4)cc3)cc2)[nH]1)C(C)C. The Balaban J connectivity index is 1.17.